The molecule has 116 valence electrons. The molecule has 0 atom stereocenters. The maximum Gasteiger partial charge on any atom is 0.335 e. The lowest BCUT2D eigenvalue weighted by atomic mass is 10.0. The number of pyridine rings is 1. The lowest BCUT2D eigenvalue weighted by Gasteiger charge is -2.03. The van der Waals surface area contributed by atoms with E-state index in [0.29, 0.717) is 5.56 Å². The molecule has 1 heterocycles. The molecule has 3 aromatic rings. The van der Waals surface area contributed by atoms with E-state index in [-0.39, 0.29) is 11.5 Å². The Kier molecular flexibility index (Phi) is 5.38. The molecule has 0 unspecified atom stereocenters. The van der Waals surface area contributed by atoms with Gasteiger partial charge in [0.15, 0.2) is 0 Å². The van der Waals surface area contributed by atoms with Crippen LogP contribution >= 0.6 is 0 Å². The van der Waals surface area contributed by atoms with Crippen molar-refractivity contribution in [2.75, 3.05) is 0 Å². The summed E-state index contributed by atoms with van der Waals surface area (Å²) in [6.07, 6.45) is 2.90. The Morgan fingerprint density at radius 1 is 0.957 bits per heavy atom. The molecule has 4 N–H and O–H groups in total. The number of nitrogen functional groups attached to an aromatic ring is 1. The van der Waals surface area contributed by atoms with Crippen LogP contribution in [-0.4, -0.2) is 22.0 Å². The first-order chi connectivity index (χ1) is 11.1. The monoisotopic (exact) mass is 309 g/mol. The van der Waals surface area contributed by atoms with E-state index in [1.807, 2.05) is 36.4 Å². The SMILES string of the molecule is NNC(=O)c1cccc2ccccc12.O=C(O)c1ccncc1. The van der Waals surface area contributed by atoms with Crippen LogP contribution in [0.1, 0.15) is 20.7 Å². The fourth-order valence-electron chi connectivity index (χ4n) is 2.00. The average Bonchev–Trinajstić information content (AvgIpc) is 2.62. The van der Waals surface area contributed by atoms with E-state index in [2.05, 4.69) is 10.4 Å². The molecular weight excluding hydrogens is 294 g/mol. The number of nitrogens with two attached hydrogens (primary N) is 1. The first kappa shape index (κ1) is 16.1. The van der Waals surface area contributed by atoms with Crippen LogP contribution in [0.3, 0.4) is 0 Å². The van der Waals surface area contributed by atoms with Gasteiger partial charge in [-0.15, -0.1) is 0 Å². The highest BCUT2D eigenvalue weighted by Crippen LogP contribution is 2.17. The quantitative estimate of drug-likeness (QED) is 0.382. The van der Waals surface area contributed by atoms with Crippen LogP contribution in [0, 0.1) is 0 Å². The van der Waals surface area contributed by atoms with Gasteiger partial charge in [0.1, 0.15) is 0 Å². The summed E-state index contributed by atoms with van der Waals surface area (Å²) in [4.78, 5) is 25.2. The molecule has 3 rings (SSSR count). The second-order valence-corrected chi connectivity index (χ2v) is 4.54. The van der Waals surface area contributed by atoms with Crippen molar-refractivity contribution in [3.05, 3.63) is 78.1 Å². The number of hydrazine groups is 1. The molecular formula is C17H15N3O3. The molecule has 1 amide bonds. The fraction of sp³-hybridized carbons (Fsp3) is 0. The van der Waals surface area contributed by atoms with Gasteiger partial charge in [0, 0.05) is 18.0 Å². The number of nitrogens with zero attached hydrogens (tertiary/aromatic N) is 1. The van der Waals surface area contributed by atoms with Crippen LogP contribution < -0.4 is 11.3 Å². The molecule has 2 aromatic carbocycles. The Morgan fingerprint density at radius 3 is 2.22 bits per heavy atom. The number of fused-ring (bicyclic) bond motifs is 1. The highest BCUT2D eigenvalue weighted by atomic mass is 16.4. The van der Waals surface area contributed by atoms with Crippen LogP contribution in [0.2, 0.25) is 0 Å². The minimum Gasteiger partial charge on any atom is -0.478 e. The number of hydrogen-bond donors (Lipinski definition) is 3. The summed E-state index contributed by atoms with van der Waals surface area (Å²) in [5.41, 5.74) is 3.01. The van der Waals surface area contributed by atoms with Crippen LogP contribution in [0.5, 0.6) is 0 Å². The number of carboxylic acid groups (broad SMARTS) is 1. The second-order valence-electron chi connectivity index (χ2n) is 4.54. The Morgan fingerprint density at radius 2 is 1.61 bits per heavy atom. The van der Waals surface area contributed by atoms with Crippen LogP contribution in [-0.2, 0) is 0 Å². The Labute approximate surface area is 132 Å². The smallest absolute Gasteiger partial charge is 0.335 e. The first-order valence-electron chi connectivity index (χ1n) is 6.75. The van der Waals surface area contributed by atoms with Crippen LogP contribution in [0.4, 0.5) is 0 Å². The zero-order chi connectivity index (χ0) is 16.7. The van der Waals surface area contributed by atoms with Gasteiger partial charge in [0.05, 0.1) is 5.56 Å². The number of hydrogen-bond acceptors (Lipinski definition) is 4. The van der Waals surface area contributed by atoms with Gasteiger partial charge >= 0.3 is 5.97 Å². The fourth-order valence-corrected chi connectivity index (χ4v) is 2.00. The van der Waals surface area contributed by atoms with E-state index >= 15 is 0 Å². The van der Waals surface area contributed by atoms with Crippen molar-refractivity contribution in [1.82, 2.24) is 10.4 Å². The number of rotatable bonds is 2. The number of aromatic carboxylic acids is 1. The van der Waals surface area contributed by atoms with Crippen molar-refractivity contribution < 1.29 is 14.7 Å². The zero-order valence-corrected chi connectivity index (χ0v) is 12.1. The molecule has 0 spiro atoms. The predicted octanol–water partition coefficient (Wildman–Crippen LogP) is 2.22. The Balaban J connectivity index is 0.000000185. The zero-order valence-electron chi connectivity index (χ0n) is 12.1. The lowest BCUT2D eigenvalue weighted by Crippen LogP contribution is -2.30. The normalized spacial score (nSPS) is 9.61. The lowest BCUT2D eigenvalue weighted by molar-refractivity contribution is 0.0696. The van der Waals surface area contributed by atoms with E-state index in [0.717, 1.165) is 10.8 Å². The molecule has 0 aliphatic carbocycles. The van der Waals surface area contributed by atoms with Crippen molar-refractivity contribution in [1.29, 1.82) is 0 Å². The molecule has 0 fully saturated rings. The number of amides is 1. The largest absolute Gasteiger partial charge is 0.478 e. The van der Waals surface area contributed by atoms with Crippen molar-refractivity contribution in [2.45, 2.75) is 0 Å². The second kappa shape index (κ2) is 7.67. The summed E-state index contributed by atoms with van der Waals surface area (Å²) in [6.45, 7) is 0. The molecule has 1 aromatic heterocycles. The summed E-state index contributed by atoms with van der Waals surface area (Å²) in [5, 5.41) is 10.3. The Hall–Kier alpha value is -3.25. The van der Waals surface area contributed by atoms with E-state index in [9.17, 15) is 9.59 Å². The van der Waals surface area contributed by atoms with Crippen molar-refractivity contribution in [2.24, 2.45) is 5.84 Å². The third kappa shape index (κ3) is 4.12. The van der Waals surface area contributed by atoms with Crippen molar-refractivity contribution >= 4 is 22.6 Å². The van der Waals surface area contributed by atoms with Gasteiger partial charge in [-0.05, 0) is 29.0 Å². The maximum atomic E-state index is 11.4. The molecule has 0 radical (unpaired) electrons. The molecule has 23 heavy (non-hydrogen) atoms. The summed E-state index contributed by atoms with van der Waals surface area (Å²) in [7, 11) is 0. The van der Waals surface area contributed by atoms with Gasteiger partial charge in [-0.1, -0.05) is 36.4 Å². The van der Waals surface area contributed by atoms with E-state index in [1.165, 1.54) is 24.5 Å². The molecule has 0 bridgehead atoms. The third-order valence-electron chi connectivity index (χ3n) is 3.09. The molecule has 0 aliphatic heterocycles. The van der Waals surface area contributed by atoms with Crippen molar-refractivity contribution in [3.63, 3.8) is 0 Å². The number of carboxylic acids is 1. The minimum absolute atomic E-state index is 0.262. The summed E-state index contributed by atoms with van der Waals surface area (Å²) >= 11 is 0. The van der Waals surface area contributed by atoms with Gasteiger partial charge in [-0.3, -0.25) is 15.2 Å². The van der Waals surface area contributed by atoms with Crippen molar-refractivity contribution in [3.8, 4) is 0 Å². The summed E-state index contributed by atoms with van der Waals surface area (Å²) in [5.74, 6) is 3.91. The summed E-state index contributed by atoms with van der Waals surface area (Å²) in [6, 6.07) is 16.1. The maximum absolute atomic E-state index is 11.4. The number of carbonyl (C=O) groups excluding carboxylic acids is 1. The number of nitrogens with one attached hydrogen (secondary N) is 1. The average molecular weight is 309 g/mol. The van der Waals surface area contributed by atoms with Crippen LogP contribution in [0.25, 0.3) is 10.8 Å². The van der Waals surface area contributed by atoms with Gasteiger partial charge in [0.25, 0.3) is 5.91 Å². The van der Waals surface area contributed by atoms with Gasteiger partial charge in [-0.25, -0.2) is 10.6 Å². The third-order valence-corrected chi connectivity index (χ3v) is 3.09. The molecule has 0 saturated heterocycles. The molecule has 0 aliphatic rings. The number of aromatic nitrogens is 1. The van der Waals surface area contributed by atoms with E-state index < -0.39 is 5.97 Å². The standard InChI is InChI=1S/C11H10N2O.C6H5NO2/c12-13-11(14)10-7-3-5-8-4-1-2-6-9(8)10;8-6(9)5-1-3-7-4-2-5/h1-7H,12H2,(H,13,14);1-4H,(H,8,9). The predicted molar refractivity (Wildman–Crippen MR) is 86.8 cm³/mol. The van der Waals surface area contributed by atoms with E-state index in [1.54, 1.807) is 6.07 Å². The Bertz CT molecular complexity index is 814. The number of carbonyl (C=O) groups is 2. The summed E-state index contributed by atoms with van der Waals surface area (Å²) < 4.78 is 0. The first-order valence-corrected chi connectivity index (χ1v) is 6.75. The topological polar surface area (TPSA) is 105 Å². The highest BCUT2D eigenvalue weighted by molar-refractivity contribution is 6.06. The molecule has 0 saturated carbocycles. The molecule has 6 heteroatoms. The number of benzene rings is 2. The molecule has 6 nitrogen and oxygen atoms in total. The van der Waals surface area contributed by atoms with Gasteiger partial charge < -0.3 is 5.11 Å². The van der Waals surface area contributed by atoms with Gasteiger partial charge in [-0.2, -0.15) is 0 Å². The van der Waals surface area contributed by atoms with Gasteiger partial charge in [0.2, 0.25) is 0 Å². The minimum atomic E-state index is -0.919. The highest BCUT2D eigenvalue weighted by Gasteiger charge is 2.06. The van der Waals surface area contributed by atoms with Crippen LogP contribution in [0.15, 0.2) is 67.0 Å². The van der Waals surface area contributed by atoms with E-state index in [4.69, 9.17) is 10.9 Å².